The summed E-state index contributed by atoms with van der Waals surface area (Å²) in [5.41, 5.74) is 6.27. The van der Waals surface area contributed by atoms with Crippen molar-refractivity contribution in [3.63, 3.8) is 0 Å². The molecule has 3 atom stereocenters. The lowest BCUT2D eigenvalue weighted by Gasteiger charge is -2.20. The van der Waals surface area contributed by atoms with E-state index in [4.69, 9.17) is 17.3 Å². The Bertz CT molecular complexity index is 1710. The van der Waals surface area contributed by atoms with Crippen LogP contribution < -0.4 is 27.2 Å². The van der Waals surface area contributed by atoms with Crippen LogP contribution in [-0.4, -0.2) is 62.8 Å². The van der Waals surface area contributed by atoms with Gasteiger partial charge in [0.1, 0.15) is 17.8 Å². The highest BCUT2D eigenvalue weighted by Crippen LogP contribution is 2.21. The molecule has 0 spiro atoms. The molecule has 1 saturated heterocycles. The molecular weight excluding hydrogens is 604 g/mol. The van der Waals surface area contributed by atoms with Gasteiger partial charge in [0.05, 0.1) is 10.7 Å². The maximum absolute atomic E-state index is 13.1. The number of nitrogens with two attached hydrogens (primary N) is 1. The van der Waals surface area contributed by atoms with Crippen LogP contribution in [0.15, 0.2) is 83.8 Å². The Labute approximate surface area is 262 Å². The third-order valence-corrected chi connectivity index (χ3v) is 7.51. The summed E-state index contributed by atoms with van der Waals surface area (Å²) in [6.45, 7) is 1.59. The molecule has 1 aliphatic heterocycles. The Balaban J connectivity index is 1.37. The number of carboxylic acid groups (broad SMARTS) is 1. The fourth-order valence-corrected chi connectivity index (χ4v) is 4.91. The first-order valence-electron chi connectivity index (χ1n) is 13.9. The third kappa shape index (κ3) is 8.15. The summed E-state index contributed by atoms with van der Waals surface area (Å²) in [6.07, 6.45) is 3.31. The van der Waals surface area contributed by atoms with Gasteiger partial charge in [0.2, 0.25) is 17.7 Å². The molecule has 4 rings (SSSR count). The SMILES string of the molecule is CC(C(=O)N[C@H]1C[C@@H](C(=O)O)N(C(=O)/C=C/C(=O)NCc2ccccc2)C1)n1cccc(NC(=O)c2ccc(N)c(Cl)c2)c1=O. The summed E-state index contributed by atoms with van der Waals surface area (Å²) in [5, 5.41) is 17.7. The van der Waals surface area contributed by atoms with E-state index >= 15 is 0 Å². The molecule has 1 aliphatic rings. The first kappa shape index (κ1) is 32.5. The van der Waals surface area contributed by atoms with Crippen LogP contribution in [0.4, 0.5) is 11.4 Å². The minimum atomic E-state index is -1.27. The molecule has 1 unspecified atom stereocenters. The fourth-order valence-electron chi connectivity index (χ4n) is 4.73. The smallest absolute Gasteiger partial charge is 0.326 e. The number of amides is 4. The summed E-state index contributed by atoms with van der Waals surface area (Å²) in [6, 6.07) is 13.3. The van der Waals surface area contributed by atoms with Gasteiger partial charge in [-0.1, -0.05) is 41.9 Å². The number of anilines is 2. The van der Waals surface area contributed by atoms with Gasteiger partial charge in [-0.2, -0.15) is 0 Å². The number of benzene rings is 2. The lowest BCUT2D eigenvalue weighted by Crippen LogP contribution is -2.43. The molecule has 2 aromatic carbocycles. The van der Waals surface area contributed by atoms with Crippen LogP contribution in [0.3, 0.4) is 0 Å². The molecule has 2 heterocycles. The van der Waals surface area contributed by atoms with Crippen molar-refractivity contribution in [2.75, 3.05) is 17.6 Å². The second-order valence-electron chi connectivity index (χ2n) is 10.3. The highest BCUT2D eigenvalue weighted by Gasteiger charge is 2.40. The zero-order chi connectivity index (χ0) is 32.7. The molecular formula is C31H31ClN6O7. The Kier molecular flexibility index (Phi) is 10.4. The minimum Gasteiger partial charge on any atom is -0.480 e. The number of likely N-dealkylation sites (tertiary alicyclic amines) is 1. The molecule has 0 saturated carbocycles. The summed E-state index contributed by atoms with van der Waals surface area (Å²) < 4.78 is 1.12. The van der Waals surface area contributed by atoms with E-state index in [9.17, 15) is 33.9 Å². The molecule has 0 bridgehead atoms. The number of aromatic nitrogens is 1. The van der Waals surface area contributed by atoms with Crippen molar-refractivity contribution in [1.82, 2.24) is 20.1 Å². The van der Waals surface area contributed by atoms with Crippen LogP contribution >= 0.6 is 11.6 Å². The molecule has 14 heteroatoms. The quantitative estimate of drug-likeness (QED) is 0.165. The Morgan fingerprint density at radius 3 is 2.49 bits per heavy atom. The van der Waals surface area contributed by atoms with Gasteiger partial charge >= 0.3 is 5.97 Å². The maximum Gasteiger partial charge on any atom is 0.326 e. The molecule has 0 radical (unpaired) electrons. The second-order valence-corrected chi connectivity index (χ2v) is 10.7. The predicted octanol–water partition coefficient (Wildman–Crippen LogP) is 1.94. The summed E-state index contributed by atoms with van der Waals surface area (Å²) in [4.78, 5) is 76.9. The number of hydrogen-bond donors (Lipinski definition) is 5. The standard InChI is InChI=1S/C31H31ClN6O7/c1-18(37-13-5-8-24(30(37)43)36-29(42)20-9-10-23(33)22(32)14-20)28(41)35-21-15-25(31(44)45)38(17-21)27(40)12-11-26(39)34-16-19-6-3-2-4-7-19/h2-14,18,21,25H,15-17,33H2,1H3,(H,34,39)(H,35,41)(H,36,42)(H,44,45)/b12-11+/t18?,21-,25-/m0/s1. The van der Waals surface area contributed by atoms with Gasteiger partial charge in [0.25, 0.3) is 11.5 Å². The maximum atomic E-state index is 13.1. The molecule has 234 valence electrons. The molecule has 1 aromatic heterocycles. The number of carboxylic acids is 1. The van der Waals surface area contributed by atoms with Crippen molar-refractivity contribution in [2.24, 2.45) is 0 Å². The highest BCUT2D eigenvalue weighted by atomic mass is 35.5. The average molecular weight is 635 g/mol. The first-order chi connectivity index (χ1) is 21.4. The Morgan fingerprint density at radius 1 is 1.07 bits per heavy atom. The topological polar surface area (TPSA) is 193 Å². The van der Waals surface area contributed by atoms with Gasteiger partial charge in [-0.3, -0.25) is 24.0 Å². The molecule has 1 fully saturated rings. The van der Waals surface area contributed by atoms with Gasteiger partial charge in [0.15, 0.2) is 0 Å². The van der Waals surface area contributed by atoms with E-state index in [1.54, 1.807) is 0 Å². The van der Waals surface area contributed by atoms with Crippen molar-refractivity contribution in [1.29, 1.82) is 0 Å². The highest BCUT2D eigenvalue weighted by molar-refractivity contribution is 6.33. The van der Waals surface area contributed by atoms with E-state index < -0.39 is 53.3 Å². The van der Waals surface area contributed by atoms with Crippen molar-refractivity contribution >= 4 is 52.6 Å². The van der Waals surface area contributed by atoms with Crippen molar-refractivity contribution in [2.45, 2.75) is 38.0 Å². The van der Waals surface area contributed by atoms with Crippen LogP contribution in [0.1, 0.15) is 35.3 Å². The van der Waals surface area contributed by atoms with Crippen molar-refractivity contribution in [3.8, 4) is 0 Å². The van der Waals surface area contributed by atoms with Crippen LogP contribution in [0, 0.1) is 0 Å². The molecule has 4 amide bonds. The number of nitrogens with one attached hydrogen (secondary N) is 3. The lowest BCUT2D eigenvalue weighted by atomic mass is 10.1. The van der Waals surface area contributed by atoms with E-state index in [-0.39, 0.29) is 41.5 Å². The van der Waals surface area contributed by atoms with Gasteiger partial charge in [-0.15, -0.1) is 0 Å². The summed E-state index contributed by atoms with van der Waals surface area (Å²) in [5.74, 6) is -3.72. The number of pyridine rings is 1. The zero-order valence-corrected chi connectivity index (χ0v) is 24.9. The van der Waals surface area contributed by atoms with E-state index in [1.165, 1.54) is 43.5 Å². The van der Waals surface area contributed by atoms with Gasteiger partial charge in [0, 0.05) is 49.5 Å². The van der Waals surface area contributed by atoms with Crippen molar-refractivity contribution in [3.05, 3.63) is 106 Å². The monoisotopic (exact) mass is 634 g/mol. The lowest BCUT2D eigenvalue weighted by molar-refractivity contribution is -0.146. The number of nitrogens with zero attached hydrogens (tertiary/aromatic N) is 2. The van der Waals surface area contributed by atoms with E-state index in [0.29, 0.717) is 0 Å². The molecule has 0 aliphatic carbocycles. The molecule has 13 nitrogen and oxygen atoms in total. The number of rotatable bonds is 10. The summed E-state index contributed by atoms with van der Waals surface area (Å²) in [7, 11) is 0. The third-order valence-electron chi connectivity index (χ3n) is 7.18. The van der Waals surface area contributed by atoms with Crippen LogP contribution in [-0.2, 0) is 25.7 Å². The largest absolute Gasteiger partial charge is 0.480 e. The second kappa shape index (κ2) is 14.4. The van der Waals surface area contributed by atoms with Crippen LogP contribution in [0.2, 0.25) is 5.02 Å². The molecule has 6 N–H and O–H groups in total. The number of hydrogen-bond acceptors (Lipinski definition) is 7. The van der Waals surface area contributed by atoms with Gasteiger partial charge in [-0.05, 0) is 42.8 Å². The van der Waals surface area contributed by atoms with Crippen LogP contribution in [0.5, 0.6) is 0 Å². The Hall–Kier alpha value is -5.43. The van der Waals surface area contributed by atoms with E-state index in [0.717, 1.165) is 27.2 Å². The number of carbonyl (C=O) groups is 5. The van der Waals surface area contributed by atoms with Gasteiger partial charge in [-0.25, -0.2) is 4.79 Å². The molecule has 45 heavy (non-hydrogen) atoms. The first-order valence-corrected chi connectivity index (χ1v) is 14.2. The number of aliphatic carboxylic acids is 1. The fraction of sp³-hybridized carbons (Fsp3) is 0.226. The average Bonchev–Trinajstić information content (AvgIpc) is 3.45. The number of halogens is 1. The Morgan fingerprint density at radius 2 is 1.80 bits per heavy atom. The van der Waals surface area contributed by atoms with Crippen LogP contribution in [0.25, 0.3) is 0 Å². The number of carbonyl (C=O) groups excluding carboxylic acids is 4. The van der Waals surface area contributed by atoms with E-state index in [1.807, 2.05) is 30.3 Å². The molecule has 3 aromatic rings. The van der Waals surface area contributed by atoms with E-state index in [2.05, 4.69) is 16.0 Å². The predicted molar refractivity (Wildman–Crippen MR) is 166 cm³/mol. The summed E-state index contributed by atoms with van der Waals surface area (Å²) >= 11 is 5.99. The zero-order valence-electron chi connectivity index (χ0n) is 24.1. The van der Waals surface area contributed by atoms with Crippen molar-refractivity contribution < 1.29 is 29.1 Å². The normalized spacial score (nSPS) is 16.6. The number of nitrogen functional groups attached to an aromatic ring is 1. The minimum absolute atomic E-state index is 0.0806. The van der Waals surface area contributed by atoms with Gasteiger partial charge < -0.3 is 36.3 Å².